The number of ether oxygens (including phenoxy) is 1. The monoisotopic (exact) mass is 183 g/mol. The first-order valence-corrected chi connectivity index (χ1v) is 4.17. The molecule has 0 saturated carbocycles. The quantitative estimate of drug-likeness (QED) is 0.300. The van der Waals surface area contributed by atoms with Gasteiger partial charge in [-0.3, -0.25) is 4.79 Å². The Kier molecular flexibility index (Phi) is 14.2. The summed E-state index contributed by atoms with van der Waals surface area (Å²) >= 11 is 0. The number of carbonyl (C=O) groups is 1. The third-order valence-corrected chi connectivity index (χ3v) is 1.37. The summed E-state index contributed by atoms with van der Waals surface area (Å²) in [5.41, 5.74) is 5.15. The van der Waals surface area contributed by atoms with Gasteiger partial charge in [0, 0.05) is 13.0 Å². The van der Waals surface area contributed by atoms with E-state index < -0.39 is 0 Å². The predicted octanol–water partition coefficient (Wildman–Crippen LogP) is -1.81. The largest absolute Gasteiger partial charge is 1.00 e. The van der Waals surface area contributed by atoms with Crippen LogP contribution in [-0.4, -0.2) is 19.1 Å². The number of esters is 1. The van der Waals surface area contributed by atoms with Crippen molar-refractivity contribution in [1.82, 2.24) is 0 Å². The predicted molar refractivity (Wildman–Crippen MR) is 45.3 cm³/mol. The zero-order chi connectivity index (χ0) is 8.53. The summed E-state index contributed by atoms with van der Waals surface area (Å²) in [5, 5.41) is 0. The molecular weight excluding hydrogens is 165 g/mol. The molecule has 0 aliphatic carbocycles. The molecule has 0 atom stereocenters. The molecule has 4 heteroatoms. The summed E-state index contributed by atoms with van der Waals surface area (Å²) in [6.45, 7) is 2.87. The van der Waals surface area contributed by atoms with Crippen LogP contribution in [0.3, 0.4) is 0 Å². The van der Waals surface area contributed by atoms with Crippen LogP contribution in [0.4, 0.5) is 0 Å². The Labute approximate surface area is 97.8 Å². The van der Waals surface area contributed by atoms with Crippen LogP contribution in [0.25, 0.3) is 0 Å². The number of carbonyl (C=O) groups excluding carboxylic acids is 1. The fraction of sp³-hybridized carbons (Fsp3) is 0.875. The van der Waals surface area contributed by atoms with Crippen molar-refractivity contribution in [2.45, 2.75) is 32.6 Å². The van der Waals surface area contributed by atoms with Crippen LogP contribution in [0.15, 0.2) is 0 Å². The number of hydrogen-bond acceptors (Lipinski definition) is 3. The second-order valence-corrected chi connectivity index (χ2v) is 2.47. The molecule has 0 saturated heterocycles. The smallest absolute Gasteiger partial charge is 1.00 e. The minimum atomic E-state index is -0.121. The molecule has 0 heterocycles. The Balaban J connectivity index is -0.000000500. The van der Waals surface area contributed by atoms with Crippen LogP contribution in [-0.2, 0) is 9.53 Å². The van der Waals surface area contributed by atoms with Gasteiger partial charge in [-0.2, -0.15) is 0 Å². The molecule has 0 amide bonds. The zero-order valence-electron chi connectivity index (χ0n) is 9.14. The van der Waals surface area contributed by atoms with E-state index in [-0.39, 0.29) is 37.0 Å². The van der Waals surface area contributed by atoms with Gasteiger partial charge in [0.2, 0.25) is 0 Å². The molecule has 3 nitrogen and oxygen atoms in total. The van der Waals surface area contributed by atoms with E-state index in [1.165, 1.54) is 0 Å². The number of nitrogens with two attached hydrogens (primary N) is 1. The molecule has 68 valence electrons. The number of rotatable bonds is 6. The van der Waals surface area contributed by atoms with Gasteiger partial charge >= 0.3 is 35.5 Å². The summed E-state index contributed by atoms with van der Waals surface area (Å²) in [6.07, 6.45) is 3.69. The Bertz CT molecular complexity index is 114. The Morgan fingerprint density at radius 3 is 2.67 bits per heavy atom. The van der Waals surface area contributed by atoms with E-state index >= 15 is 0 Å². The molecule has 0 aliphatic rings. The molecule has 12 heavy (non-hydrogen) atoms. The first-order valence-electron chi connectivity index (χ1n) is 4.17. The van der Waals surface area contributed by atoms with Gasteiger partial charge in [-0.25, -0.2) is 0 Å². The van der Waals surface area contributed by atoms with E-state index in [2.05, 4.69) is 6.92 Å². The first kappa shape index (κ1) is 14.9. The van der Waals surface area contributed by atoms with Gasteiger partial charge in [-0.15, -0.1) is 0 Å². The molecule has 0 radical (unpaired) electrons. The summed E-state index contributed by atoms with van der Waals surface area (Å²) in [6, 6.07) is 0. The van der Waals surface area contributed by atoms with Crippen LogP contribution in [0.1, 0.15) is 34.0 Å². The van der Waals surface area contributed by atoms with Crippen LogP contribution in [0.2, 0.25) is 0 Å². The van der Waals surface area contributed by atoms with Gasteiger partial charge in [-0.05, 0) is 6.42 Å². The maximum atomic E-state index is 10.8. The number of hydrogen-bond donors (Lipinski definition) is 1. The van der Waals surface area contributed by atoms with Crippen molar-refractivity contribution in [3.63, 3.8) is 0 Å². The molecule has 0 spiro atoms. The standard InChI is InChI=1S/C8H17NO2.Na.H/c1-2-3-4-5-8(10)11-7-6-9;;/h2-7,9H2,1H3;;/q;+1;-1. The van der Waals surface area contributed by atoms with Gasteiger partial charge in [-0.1, -0.05) is 19.8 Å². The van der Waals surface area contributed by atoms with E-state index in [1.54, 1.807) is 0 Å². The topological polar surface area (TPSA) is 52.3 Å². The third kappa shape index (κ3) is 10.4. The van der Waals surface area contributed by atoms with E-state index in [0.29, 0.717) is 19.6 Å². The maximum absolute atomic E-state index is 10.8. The van der Waals surface area contributed by atoms with Gasteiger partial charge in [0.1, 0.15) is 6.61 Å². The molecule has 0 unspecified atom stereocenters. The van der Waals surface area contributed by atoms with Gasteiger partial charge < -0.3 is 11.9 Å². The Hall–Kier alpha value is 0.430. The summed E-state index contributed by atoms with van der Waals surface area (Å²) in [4.78, 5) is 10.8. The molecule has 0 aromatic carbocycles. The van der Waals surface area contributed by atoms with Gasteiger partial charge in [0.05, 0.1) is 0 Å². The maximum Gasteiger partial charge on any atom is 1.00 e. The third-order valence-electron chi connectivity index (χ3n) is 1.37. The summed E-state index contributed by atoms with van der Waals surface area (Å²) in [7, 11) is 0. The zero-order valence-corrected chi connectivity index (χ0v) is 10.1. The molecule has 0 rings (SSSR count). The summed E-state index contributed by atoms with van der Waals surface area (Å²) < 4.78 is 4.77. The van der Waals surface area contributed by atoms with Crippen molar-refractivity contribution in [3.05, 3.63) is 0 Å². The normalized spacial score (nSPS) is 8.83. The second kappa shape index (κ2) is 11.4. The van der Waals surface area contributed by atoms with E-state index in [1.807, 2.05) is 0 Å². The Morgan fingerprint density at radius 2 is 2.17 bits per heavy atom. The van der Waals surface area contributed by atoms with Crippen molar-refractivity contribution in [3.8, 4) is 0 Å². The molecule has 0 aliphatic heterocycles. The van der Waals surface area contributed by atoms with Crippen molar-refractivity contribution < 1.29 is 40.5 Å². The fourth-order valence-corrected chi connectivity index (χ4v) is 0.764. The van der Waals surface area contributed by atoms with Crippen LogP contribution in [0, 0.1) is 0 Å². The molecule has 0 aromatic rings. The van der Waals surface area contributed by atoms with Gasteiger partial charge in [0.15, 0.2) is 0 Å². The molecular formula is C8H18NNaO2. The van der Waals surface area contributed by atoms with Crippen molar-refractivity contribution >= 4 is 5.97 Å². The van der Waals surface area contributed by atoms with Crippen LogP contribution < -0.4 is 35.3 Å². The minimum Gasteiger partial charge on any atom is -1.00 e. The van der Waals surface area contributed by atoms with Gasteiger partial charge in [0.25, 0.3) is 0 Å². The van der Waals surface area contributed by atoms with Crippen molar-refractivity contribution in [2.75, 3.05) is 13.2 Å². The molecule has 2 N–H and O–H groups in total. The van der Waals surface area contributed by atoms with E-state index in [4.69, 9.17) is 10.5 Å². The van der Waals surface area contributed by atoms with E-state index in [9.17, 15) is 4.79 Å². The van der Waals surface area contributed by atoms with Crippen LogP contribution in [0.5, 0.6) is 0 Å². The van der Waals surface area contributed by atoms with E-state index in [0.717, 1.165) is 19.3 Å². The second-order valence-electron chi connectivity index (χ2n) is 2.47. The fourth-order valence-electron chi connectivity index (χ4n) is 0.764. The average Bonchev–Trinajstić information content (AvgIpc) is 2.01. The molecule has 0 aromatic heterocycles. The Morgan fingerprint density at radius 1 is 1.50 bits per heavy atom. The van der Waals surface area contributed by atoms with Crippen LogP contribution >= 0.6 is 0 Å². The first-order chi connectivity index (χ1) is 5.31. The number of unbranched alkanes of at least 4 members (excludes halogenated alkanes) is 2. The SMILES string of the molecule is CCCCCC(=O)OCCN.[H-].[Na+]. The average molecular weight is 183 g/mol. The van der Waals surface area contributed by atoms with Crippen molar-refractivity contribution in [1.29, 1.82) is 0 Å². The minimum absolute atomic E-state index is 0. The van der Waals surface area contributed by atoms with Crippen molar-refractivity contribution in [2.24, 2.45) is 5.73 Å². The molecule has 0 fully saturated rings. The molecule has 0 bridgehead atoms. The summed E-state index contributed by atoms with van der Waals surface area (Å²) in [5.74, 6) is -0.121.